The fourth-order valence-corrected chi connectivity index (χ4v) is 2.07. The molecule has 5 heteroatoms. The molecule has 1 aromatic carbocycles. The van der Waals surface area contributed by atoms with E-state index < -0.39 is 0 Å². The lowest BCUT2D eigenvalue weighted by molar-refractivity contribution is 0.629. The van der Waals surface area contributed by atoms with Crippen LogP contribution in [0, 0.1) is 5.82 Å². The summed E-state index contributed by atoms with van der Waals surface area (Å²) in [6.45, 7) is 5.53. The number of nitrogens with zero attached hydrogens (tertiary/aromatic N) is 2. The van der Waals surface area contributed by atoms with Crippen molar-refractivity contribution in [3.05, 3.63) is 42.0 Å². The Labute approximate surface area is 124 Å². The number of aromatic nitrogens is 2. The van der Waals surface area contributed by atoms with Gasteiger partial charge in [0, 0.05) is 6.54 Å². The van der Waals surface area contributed by atoms with Gasteiger partial charge in [-0.15, -0.1) is 0 Å². The summed E-state index contributed by atoms with van der Waals surface area (Å²) in [6.07, 6.45) is 2.60. The molecule has 2 aromatic rings. The monoisotopic (exact) mass is 288 g/mol. The molecule has 0 saturated carbocycles. The van der Waals surface area contributed by atoms with Crippen LogP contribution in [0.4, 0.5) is 10.1 Å². The van der Waals surface area contributed by atoms with Gasteiger partial charge in [-0.25, -0.2) is 14.4 Å². The first-order chi connectivity index (χ1) is 10.1. The largest absolute Gasteiger partial charge is 0.382 e. The summed E-state index contributed by atoms with van der Waals surface area (Å²) in [5, 5.41) is 3.29. The van der Waals surface area contributed by atoms with Crippen LogP contribution in [0.3, 0.4) is 0 Å². The zero-order valence-electron chi connectivity index (χ0n) is 12.4. The van der Waals surface area contributed by atoms with Crippen LogP contribution in [-0.2, 0) is 0 Å². The SMILES string of the molecule is CC(C)c1nc(-c2ccccc2F)ncc1NCCCN. The number of nitrogens with one attached hydrogen (secondary N) is 1. The van der Waals surface area contributed by atoms with E-state index in [0.29, 0.717) is 17.9 Å². The molecule has 21 heavy (non-hydrogen) atoms. The lowest BCUT2D eigenvalue weighted by Gasteiger charge is -2.14. The molecular formula is C16H21FN4. The zero-order chi connectivity index (χ0) is 15.2. The van der Waals surface area contributed by atoms with Crippen molar-refractivity contribution in [3.63, 3.8) is 0 Å². The lowest BCUT2D eigenvalue weighted by Crippen LogP contribution is -2.12. The first kappa shape index (κ1) is 15.4. The molecule has 0 saturated heterocycles. The highest BCUT2D eigenvalue weighted by Gasteiger charge is 2.13. The molecule has 0 aliphatic heterocycles. The van der Waals surface area contributed by atoms with Gasteiger partial charge in [0.05, 0.1) is 23.1 Å². The van der Waals surface area contributed by atoms with Crippen molar-refractivity contribution in [1.82, 2.24) is 9.97 Å². The predicted octanol–water partition coefficient (Wildman–Crippen LogP) is 3.17. The van der Waals surface area contributed by atoms with E-state index in [1.165, 1.54) is 6.07 Å². The van der Waals surface area contributed by atoms with E-state index in [4.69, 9.17) is 5.73 Å². The summed E-state index contributed by atoms with van der Waals surface area (Å²) in [4.78, 5) is 8.82. The van der Waals surface area contributed by atoms with Gasteiger partial charge in [-0.3, -0.25) is 0 Å². The third kappa shape index (κ3) is 3.76. The van der Waals surface area contributed by atoms with Crippen LogP contribution >= 0.6 is 0 Å². The Morgan fingerprint density at radius 3 is 2.71 bits per heavy atom. The van der Waals surface area contributed by atoms with E-state index in [2.05, 4.69) is 29.1 Å². The average Bonchev–Trinajstić information content (AvgIpc) is 2.48. The van der Waals surface area contributed by atoms with E-state index in [0.717, 1.165) is 24.3 Å². The van der Waals surface area contributed by atoms with Gasteiger partial charge in [0.15, 0.2) is 5.82 Å². The normalized spacial score (nSPS) is 10.9. The van der Waals surface area contributed by atoms with Gasteiger partial charge >= 0.3 is 0 Å². The third-order valence-electron chi connectivity index (χ3n) is 3.18. The highest BCUT2D eigenvalue weighted by atomic mass is 19.1. The second kappa shape index (κ2) is 7.13. The summed E-state index contributed by atoms with van der Waals surface area (Å²) >= 11 is 0. The van der Waals surface area contributed by atoms with Gasteiger partial charge in [-0.2, -0.15) is 0 Å². The Morgan fingerprint density at radius 2 is 2.05 bits per heavy atom. The minimum absolute atomic E-state index is 0.221. The van der Waals surface area contributed by atoms with Crippen LogP contribution in [0.1, 0.15) is 31.9 Å². The van der Waals surface area contributed by atoms with E-state index in [1.54, 1.807) is 24.4 Å². The summed E-state index contributed by atoms with van der Waals surface area (Å²) in [5.74, 6) is 0.330. The molecule has 0 bridgehead atoms. The molecule has 0 fully saturated rings. The van der Waals surface area contributed by atoms with Gasteiger partial charge < -0.3 is 11.1 Å². The van der Waals surface area contributed by atoms with Gasteiger partial charge in [0.25, 0.3) is 0 Å². The minimum atomic E-state index is -0.309. The van der Waals surface area contributed by atoms with Crippen LogP contribution in [0.25, 0.3) is 11.4 Å². The second-order valence-electron chi connectivity index (χ2n) is 5.20. The maximum Gasteiger partial charge on any atom is 0.162 e. The van der Waals surface area contributed by atoms with E-state index >= 15 is 0 Å². The molecule has 112 valence electrons. The molecule has 0 spiro atoms. The molecule has 4 nitrogen and oxygen atoms in total. The molecule has 0 atom stereocenters. The maximum absolute atomic E-state index is 13.8. The fourth-order valence-electron chi connectivity index (χ4n) is 2.07. The second-order valence-corrected chi connectivity index (χ2v) is 5.20. The van der Waals surface area contributed by atoms with E-state index in [-0.39, 0.29) is 11.7 Å². The number of anilines is 1. The molecule has 1 aromatic heterocycles. The van der Waals surface area contributed by atoms with Crippen LogP contribution in [-0.4, -0.2) is 23.1 Å². The highest BCUT2D eigenvalue weighted by Crippen LogP contribution is 2.26. The Morgan fingerprint density at radius 1 is 1.29 bits per heavy atom. The number of rotatable bonds is 6. The quantitative estimate of drug-likeness (QED) is 0.801. The summed E-state index contributed by atoms with van der Waals surface area (Å²) < 4.78 is 13.8. The van der Waals surface area contributed by atoms with Crippen molar-refractivity contribution in [2.45, 2.75) is 26.2 Å². The van der Waals surface area contributed by atoms with Crippen molar-refractivity contribution in [2.24, 2.45) is 5.73 Å². The van der Waals surface area contributed by atoms with Gasteiger partial charge in [-0.1, -0.05) is 26.0 Å². The molecular weight excluding hydrogens is 267 g/mol. The molecule has 2 rings (SSSR count). The van der Waals surface area contributed by atoms with Crippen LogP contribution in [0.15, 0.2) is 30.5 Å². The number of nitrogens with two attached hydrogens (primary N) is 1. The molecule has 0 unspecified atom stereocenters. The Kier molecular flexibility index (Phi) is 5.22. The van der Waals surface area contributed by atoms with Crippen molar-refractivity contribution < 1.29 is 4.39 Å². The Balaban J connectivity index is 2.34. The van der Waals surface area contributed by atoms with Gasteiger partial charge in [-0.05, 0) is 31.0 Å². The van der Waals surface area contributed by atoms with Gasteiger partial charge in [0.1, 0.15) is 5.82 Å². The van der Waals surface area contributed by atoms with Crippen LogP contribution in [0.5, 0.6) is 0 Å². The number of benzene rings is 1. The molecule has 0 aliphatic carbocycles. The van der Waals surface area contributed by atoms with E-state index in [9.17, 15) is 4.39 Å². The summed E-state index contributed by atoms with van der Waals surface area (Å²) in [6, 6.07) is 6.55. The maximum atomic E-state index is 13.8. The molecule has 0 aliphatic rings. The van der Waals surface area contributed by atoms with Crippen molar-refractivity contribution in [2.75, 3.05) is 18.4 Å². The van der Waals surface area contributed by atoms with Crippen LogP contribution < -0.4 is 11.1 Å². The zero-order valence-corrected chi connectivity index (χ0v) is 12.4. The molecule has 0 amide bonds. The van der Waals surface area contributed by atoms with E-state index in [1.807, 2.05) is 0 Å². The van der Waals surface area contributed by atoms with Crippen molar-refractivity contribution in [3.8, 4) is 11.4 Å². The molecule has 3 N–H and O–H groups in total. The number of halogens is 1. The first-order valence-corrected chi connectivity index (χ1v) is 7.19. The standard InChI is InChI=1S/C16H21FN4/c1-11(2)15-14(19-9-5-8-18)10-20-16(21-15)12-6-3-4-7-13(12)17/h3-4,6-7,10-11,19H,5,8-9,18H2,1-2H3. The third-order valence-corrected chi connectivity index (χ3v) is 3.18. The van der Waals surface area contributed by atoms with Crippen molar-refractivity contribution in [1.29, 1.82) is 0 Å². The fraction of sp³-hybridized carbons (Fsp3) is 0.375. The highest BCUT2D eigenvalue weighted by molar-refractivity contribution is 5.59. The Hall–Kier alpha value is -2.01. The number of hydrogen-bond acceptors (Lipinski definition) is 4. The first-order valence-electron chi connectivity index (χ1n) is 7.19. The topological polar surface area (TPSA) is 63.8 Å². The van der Waals surface area contributed by atoms with Crippen molar-refractivity contribution >= 4 is 5.69 Å². The predicted molar refractivity (Wildman–Crippen MR) is 83.7 cm³/mol. The smallest absolute Gasteiger partial charge is 0.162 e. The van der Waals surface area contributed by atoms with Gasteiger partial charge in [0.2, 0.25) is 0 Å². The lowest BCUT2D eigenvalue weighted by atomic mass is 10.1. The molecule has 1 heterocycles. The van der Waals surface area contributed by atoms with Crippen LogP contribution in [0.2, 0.25) is 0 Å². The molecule has 0 radical (unpaired) electrons. The Bertz CT molecular complexity index is 599. The minimum Gasteiger partial charge on any atom is -0.382 e. The average molecular weight is 288 g/mol. The summed E-state index contributed by atoms with van der Waals surface area (Å²) in [5.41, 5.74) is 7.70. The number of hydrogen-bond donors (Lipinski definition) is 2. The summed E-state index contributed by atoms with van der Waals surface area (Å²) in [7, 11) is 0.